The molecule has 0 radical (unpaired) electrons. The number of ether oxygens (including phenoxy) is 2. The largest absolute Gasteiger partial charge is 0.454 e. The average molecular weight is 426 g/mol. The molecule has 0 saturated heterocycles. The van der Waals surface area contributed by atoms with Crippen molar-refractivity contribution in [3.8, 4) is 11.5 Å². The number of nitrogens with zero attached hydrogens (tertiary/aromatic N) is 3. The minimum atomic E-state index is -0.819. The maximum Gasteiger partial charge on any atom is 0.354 e. The third kappa shape index (κ3) is 4.27. The Morgan fingerprint density at radius 3 is 2.71 bits per heavy atom. The first kappa shape index (κ1) is 19.8. The normalized spacial score (nSPS) is 11.6. The van der Waals surface area contributed by atoms with Gasteiger partial charge in [-0.2, -0.15) is 0 Å². The molecule has 158 valence electrons. The van der Waals surface area contributed by atoms with Gasteiger partial charge in [0, 0.05) is 6.54 Å². The van der Waals surface area contributed by atoms with Crippen LogP contribution in [-0.4, -0.2) is 27.6 Å². The topological polar surface area (TPSA) is 141 Å². The molecule has 1 aromatic heterocycles. The number of rotatable bonds is 7. The van der Waals surface area contributed by atoms with Gasteiger partial charge in [-0.3, -0.25) is 25.8 Å². The van der Waals surface area contributed by atoms with Crippen molar-refractivity contribution in [2.75, 3.05) is 17.5 Å². The first-order chi connectivity index (χ1) is 15.0. The lowest BCUT2D eigenvalue weighted by Gasteiger charge is -2.11. The molecule has 0 unspecified atom stereocenters. The van der Waals surface area contributed by atoms with Gasteiger partial charge in [0.1, 0.15) is 12.1 Å². The summed E-state index contributed by atoms with van der Waals surface area (Å²) in [6.07, 6.45) is 1.09. The number of nitrogens with one attached hydrogen (secondary N) is 3. The Balaban J connectivity index is 1.49. The van der Waals surface area contributed by atoms with Crippen LogP contribution in [0.1, 0.15) is 15.9 Å². The van der Waals surface area contributed by atoms with Gasteiger partial charge in [-0.1, -0.05) is 18.2 Å². The van der Waals surface area contributed by atoms with E-state index in [1.165, 1.54) is 18.2 Å². The monoisotopic (exact) mass is 426 g/mol. The van der Waals surface area contributed by atoms with E-state index in [0.717, 1.165) is 18.0 Å². The first-order valence-corrected chi connectivity index (χ1v) is 8.95. The van der Waals surface area contributed by atoms with Crippen LogP contribution in [0.25, 0.3) is 0 Å². The Morgan fingerprint density at radius 1 is 1.13 bits per heavy atom. The second-order valence-electron chi connectivity index (χ2n) is 6.28. The smallest absolute Gasteiger partial charge is 0.354 e. The number of amides is 1. The van der Waals surface area contributed by atoms with Gasteiger partial charge in [-0.25, -0.2) is 14.4 Å². The fourth-order valence-electron chi connectivity index (χ4n) is 2.84. The third-order valence-corrected chi connectivity index (χ3v) is 4.31. The van der Waals surface area contributed by atoms with E-state index in [-0.39, 0.29) is 30.5 Å². The molecule has 1 amide bonds. The van der Waals surface area contributed by atoms with Crippen molar-refractivity contribution < 1.29 is 23.6 Å². The molecule has 2 aromatic carbocycles. The predicted octanol–water partition coefficient (Wildman–Crippen LogP) is 2.62. The van der Waals surface area contributed by atoms with Crippen molar-refractivity contribution in [2.24, 2.45) is 0 Å². The van der Waals surface area contributed by atoms with Gasteiger partial charge < -0.3 is 14.8 Å². The quantitative estimate of drug-likeness (QED) is 0.384. The van der Waals surface area contributed by atoms with Crippen molar-refractivity contribution in [3.05, 3.63) is 75.9 Å². The molecule has 0 atom stereocenters. The fraction of sp³-hybridized carbons (Fsp3) is 0.105. The number of aromatic nitrogens is 2. The maximum atomic E-state index is 13.7. The number of halogens is 1. The molecule has 4 rings (SSSR count). The molecule has 3 N–H and O–H groups in total. The Kier molecular flexibility index (Phi) is 5.43. The highest BCUT2D eigenvalue weighted by molar-refractivity contribution is 5.95. The zero-order valence-electron chi connectivity index (χ0n) is 15.8. The van der Waals surface area contributed by atoms with Crippen molar-refractivity contribution in [1.29, 1.82) is 0 Å². The highest BCUT2D eigenvalue weighted by Crippen LogP contribution is 2.33. The summed E-state index contributed by atoms with van der Waals surface area (Å²) < 4.78 is 24.3. The van der Waals surface area contributed by atoms with Crippen LogP contribution in [0.3, 0.4) is 0 Å². The van der Waals surface area contributed by atoms with Crippen LogP contribution in [0.2, 0.25) is 0 Å². The molecule has 0 spiro atoms. The van der Waals surface area contributed by atoms with E-state index in [2.05, 4.69) is 26.1 Å². The molecule has 31 heavy (non-hydrogen) atoms. The van der Waals surface area contributed by atoms with Gasteiger partial charge in [-0.05, 0) is 29.8 Å². The lowest BCUT2D eigenvalue weighted by atomic mass is 10.2. The maximum absolute atomic E-state index is 13.7. The molecule has 2 heterocycles. The summed E-state index contributed by atoms with van der Waals surface area (Å²) in [6.45, 7) is 0.340. The molecule has 1 aliphatic rings. The Labute approximate surface area is 174 Å². The van der Waals surface area contributed by atoms with Crippen LogP contribution in [0.15, 0.2) is 48.8 Å². The number of hydrazine groups is 1. The van der Waals surface area contributed by atoms with Crippen molar-refractivity contribution in [2.45, 2.75) is 6.54 Å². The summed E-state index contributed by atoms with van der Waals surface area (Å²) in [5.74, 6) is -0.687. The van der Waals surface area contributed by atoms with Crippen molar-refractivity contribution >= 4 is 23.2 Å². The van der Waals surface area contributed by atoms with Crippen molar-refractivity contribution in [1.82, 2.24) is 15.4 Å². The summed E-state index contributed by atoms with van der Waals surface area (Å²) in [5.41, 5.74) is 4.62. The molecule has 0 fully saturated rings. The number of anilines is 2. The molecule has 12 heteroatoms. The van der Waals surface area contributed by atoms with Gasteiger partial charge in [-0.15, -0.1) is 0 Å². The number of carbonyl (C=O) groups is 1. The molecule has 3 aromatic rings. The number of benzene rings is 2. The zero-order valence-corrected chi connectivity index (χ0v) is 15.8. The molecule has 0 saturated carbocycles. The molecule has 11 nitrogen and oxygen atoms in total. The van der Waals surface area contributed by atoms with E-state index in [1.54, 1.807) is 18.2 Å². The van der Waals surface area contributed by atoms with Crippen LogP contribution in [0.5, 0.6) is 11.5 Å². The molecular weight excluding hydrogens is 411 g/mol. The molecule has 1 aliphatic heterocycles. The van der Waals surface area contributed by atoms with Crippen LogP contribution in [0, 0.1) is 15.9 Å². The van der Waals surface area contributed by atoms with E-state index < -0.39 is 22.3 Å². The van der Waals surface area contributed by atoms with Gasteiger partial charge in [0.2, 0.25) is 18.4 Å². The number of nitro groups is 1. The number of hydrogen-bond acceptors (Lipinski definition) is 9. The second kappa shape index (κ2) is 8.49. The van der Waals surface area contributed by atoms with Gasteiger partial charge in [0.25, 0.3) is 5.91 Å². The number of carbonyl (C=O) groups excluding carboxylic acids is 1. The average Bonchev–Trinajstić information content (AvgIpc) is 3.24. The second-order valence-corrected chi connectivity index (χ2v) is 6.28. The lowest BCUT2D eigenvalue weighted by molar-refractivity contribution is -0.383. The summed E-state index contributed by atoms with van der Waals surface area (Å²) in [6, 6.07) is 10.6. The zero-order chi connectivity index (χ0) is 21.8. The standard InChI is InChI=1S/C19H15FN6O5/c20-13-4-2-1-3-12(13)19(27)25-24-18-16(26(28)29)17(22-9-23-18)21-8-11-5-6-14-15(7-11)31-10-30-14/h1-7,9H,8,10H2,(H,25,27)(H2,21,22,23,24). The predicted molar refractivity (Wildman–Crippen MR) is 106 cm³/mol. The summed E-state index contributed by atoms with van der Waals surface area (Å²) >= 11 is 0. The van der Waals surface area contributed by atoms with E-state index in [1.807, 2.05) is 0 Å². The highest BCUT2D eigenvalue weighted by Gasteiger charge is 2.24. The summed E-state index contributed by atoms with van der Waals surface area (Å²) in [7, 11) is 0. The van der Waals surface area contributed by atoms with Crippen LogP contribution in [0.4, 0.5) is 21.7 Å². The third-order valence-electron chi connectivity index (χ3n) is 4.31. The van der Waals surface area contributed by atoms with Crippen molar-refractivity contribution in [3.63, 3.8) is 0 Å². The molecule has 0 bridgehead atoms. The lowest BCUT2D eigenvalue weighted by Crippen LogP contribution is -2.31. The Bertz CT molecular complexity index is 1160. The molecule has 0 aliphatic carbocycles. The van der Waals surface area contributed by atoms with Gasteiger partial charge in [0.15, 0.2) is 11.5 Å². The van der Waals surface area contributed by atoms with Gasteiger partial charge >= 0.3 is 5.69 Å². The Hall–Kier alpha value is -4.48. The first-order valence-electron chi connectivity index (χ1n) is 8.95. The minimum absolute atomic E-state index is 0.0692. The number of fused-ring (bicyclic) bond motifs is 1. The van der Waals surface area contributed by atoms with Crippen LogP contribution in [-0.2, 0) is 6.54 Å². The SMILES string of the molecule is O=C(NNc1ncnc(NCc2ccc3c(c2)OCO3)c1[N+](=O)[O-])c1ccccc1F. The molecular formula is C19H15FN6O5. The van der Waals surface area contributed by atoms with Crippen LogP contribution >= 0.6 is 0 Å². The fourth-order valence-corrected chi connectivity index (χ4v) is 2.84. The minimum Gasteiger partial charge on any atom is -0.454 e. The number of hydrogen-bond donors (Lipinski definition) is 3. The van der Waals surface area contributed by atoms with Crippen LogP contribution < -0.4 is 25.6 Å². The summed E-state index contributed by atoms with van der Waals surface area (Å²) in [4.78, 5) is 30.8. The Morgan fingerprint density at radius 2 is 1.90 bits per heavy atom. The van der Waals surface area contributed by atoms with Gasteiger partial charge in [0.05, 0.1) is 10.5 Å². The highest BCUT2D eigenvalue weighted by atomic mass is 19.1. The van der Waals surface area contributed by atoms with E-state index in [4.69, 9.17) is 9.47 Å². The van der Waals surface area contributed by atoms with E-state index >= 15 is 0 Å². The van der Waals surface area contributed by atoms with E-state index in [9.17, 15) is 19.3 Å². The van der Waals surface area contributed by atoms with E-state index in [0.29, 0.717) is 11.5 Å². The summed E-state index contributed by atoms with van der Waals surface area (Å²) in [5, 5.41) is 14.5.